The van der Waals surface area contributed by atoms with E-state index in [9.17, 15) is 8.42 Å². The highest BCUT2D eigenvalue weighted by Gasteiger charge is 2.17. The fourth-order valence-corrected chi connectivity index (χ4v) is 3.27. The van der Waals surface area contributed by atoms with Crippen LogP contribution >= 0.6 is 0 Å². The number of piperidine rings is 1. The Labute approximate surface area is 113 Å². The van der Waals surface area contributed by atoms with E-state index in [1.165, 1.54) is 12.8 Å². The number of hydrogen-bond acceptors (Lipinski definition) is 5. The SMILES string of the molecule is Cn1cnnc1CNS(=O)(=O)CCC1CCCCN1. The monoisotopic (exact) mass is 287 g/mol. The molecule has 0 bridgehead atoms. The van der Waals surface area contributed by atoms with Crippen LogP contribution in [0.4, 0.5) is 0 Å². The molecule has 2 heterocycles. The van der Waals surface area contributed by atoms with Crippen molar-refractivity contribution in [2.45, 2.75) is 38.3 Å². The fraction of sp³-hybridized carbons (Fsp3) is 0.818. The lowest BCUT2D eigenvalue weighted by molar-refractivity contribution is 0.392. The predicted octanol–water partition coefficient (Wildman–Crippen LogP) is -0.233. The summed E-state index contributed by atoms with van der Waals surface area (Å²) in [6, 6.07) is 0.333. The first-order valence-electron chi connectivity index (χ1n) is 6.60. The molecule has 0 saturated carbocycles. The molecule has 1 aliphatic heterocycles. The highest BCUT2D eigenvalue weighted by atomic mass is 32.2. The van der Waals surface area contributed by atoms with Gasteiger partial charge in [0, 0.05) is 13.1 Å². The van der Waals surface area contributed by atoms with Crippen molar-refractivity contribution in [1.82, 2.24) is 24.8 Å². The van der Waals surface area contributed by atoms with Gasteiger partial charge in [0.25, 0.3) is 0 Å². The van der Waals surface area contributed by atoms with E-state index in [4.69, 9.17) is 0 Å². The van der Waals surface area contributed by atoms with Crippen LogP contribution in [-0.4, -0.2) is 41.5 Å². The lowest BCUT2D eigenvalue weighted by atomic mass is 10.0. The van der Waals surface area contributed by atoms with E-state index < -0.39 is 10.0 Å². The molecule has 0 spiro atoms. The van der Waals surface area contributed by atoms with Gasteiger partial charge >= 0.3 is 0 Å². The summed E-state index contributed by atoms with van der Waals surface area (Å²) in [5.74, 6) is 0.766. The summed E-state index contributed by atoms with van der Waals surface area (Å²) in [5, 5.41) is 10.9. The maximum absolute atomic E-state index is 11.9. The molecule has 1 atom stereocenters. The van der Waals surface area contributed by atoms with E-state index in [2.05, 4.69) is 20.2 Å². The third kappa shape index (κ3) is 4.55. The molecule has 19 heavy (non-hydrogen) atoms. The Kier molecular flexibility index (Phi) is 4.89. The van der Waals surface area contributed by atoms with Gasteiger partial charge in [-0.05, 0) is 25.8 Å². The van der Waals surface area contributed by atoms with Gasteiger partial charge < -0.3 is 9.88 Å². The number of rotatable bonds is 6. The fourth-order valence-electron chi connectivity index (χ4n) is 2.18. The van der Waals surface area contributed by atoms with Crippen LogP contribution in [0.1, 0.15) is 31.5 Å². The molecule has 1 fully saturated rings. The molecule has 1 aliphatic rings. The highest BCUT2D eigenvalue weighted by molar-refractivity contribution is 7.89. The number of hydrogen-bond donors (Lipinski definition) is 2. The minimum Gasteiger partial charge on any atom is -0.320 e. The third-order valence-electron chi connectivity index (χ3n) is 3.40. The van der Waals surface area contributed by atoms with Crippen LogP contribution in [0.15, 0.2) is 6.33 Å². The summed E-state index contributed by atoms with van der Waals surface area (Å²) in [7, 11) is -1.46. The van der Waals surface area contributed by atoms with Crippen LogP contribution in [0, 0.1) is 0 Å². The molecule has 1 aromatic heterocycles. The van der Waals surface area contributed by atoms with E-state index in [1.54, 1.807) is 17.9 Å². The Balaban J connectivity index is 1.76. The van der Waals surface area contributed by atoms with Crippen LogP contribution in [0.25, 0.3) is 0 Å². The molecule has 0 radical (unpaired) electrons. The van der Waals surface area contributed by atoms with Crippen molar-refractivity contribution >= 4 is 10.0 Å². The van der Waals surface area contributed by atoms with Gasteiger partial charge in [-0.3, -0.25) is 0 Å². The molecule has 8 heteroatoms. The van der Waals surface area contributed by atoms with E-state index in [0.29, 0.717) is 18.3 Å². The molecule has 2 N–H and O–H groups in total. The van der Waals surface area contributed by atoms with Crippen molar-refractivity contribution in [2.24, 2.45) is 7.05 Å². The van der Waals surface area contributed by atoms with Crippen LogP contribution in [0.5, 0.6) is 0 Å². The first-order valence-corrected chi connectivity index (χ1v) is 8.26. The van der Waals surface area contributed by atoms with Crippen LogP contribution in [-0.2, 0) is 23.6 Å². The van der Waals surface area contributed by atoms with E-state index in [-0.39, 0.29) is 12.3 Å². The molecule has 0 aromatic carbocycles. The van der Waals surface area contributed by atoms with E-state index >= 15 is 0 Å². The van der Waals surface area contributed by atoms with Crippen molar-refractivity contribution in [2.75, 3.05) is 12.3 Å². The Hall–Kier alpha value is -0.990. The van der Waals surface area contributed by atoms with Crippen molar-refractivity contribution in [1.29, 1.82) is 0 Å². The zero-order valence-corrected chi connectivity index (χ0v) is 12.0. The third-order valence-corrected chi connectivity index (χ3v) is 4.76. The van der Waals surface area contributed by atoms with Gasteiger partial charge in [-0.2, -0.15) is 0 Å². The van der Waals surface area contributed by atoms with Crippen molar-refractivity contribution in [3.8, 4) is 0 Å². The maximum atomic E-state index is 11.9. The number of nitrogens with one attached hydrogen (secondary N) is 2. The van der Waals surface area contributed by atoms with Gasteiger partial charge in [0.15, 0.2) is 0 Å². The molecular weight excluding hydrogens is 266 g/mol. The molecule has 108 valence electrons. The quantitative estimate of drug-likeness (QED) is 0.754. The molecule has 7 nitrogen and oxygen atoms in total. The summed E-state index contributed by atoms with van der Waals surface area (Å²) in [4.78, 5) is 0. The Morgan fingerprint density at radius 3 is 3.00 bits per heavy atom. The van der Waals surface area contributed by atoms with Crippen LogP contribution < -0.4 is 10.0 Å². The minimum atomic E-state index is -3.24. The highest BCUT2D eigenvalue weighted by Crippen LogP contribution is 2.10. The normalized spacial score (nSPS) is 20.6. The number of aromatic nitrogens is 3. The molecule has 1 aromatic rings. The lowest BCUT2D eigenvalue weighted by Crippen LogP contribution is -2.37. The minimum absolute atomic E-state index is 0.155. The van der Waals surface area contributed by atoms with Crippen molar-refractivity contribution < 1.29 is 8.42 Å². The standard InChI is InChI=1S/C11H21N5O2S/c1-16-9-13-15-11(16)8-14-19(17,18)7-5-10-4-2-3-6-12-10/h9-10,12,14H,2-8H2,1H3. The second kappa shape index (κ2) is 6.44. The predicted molar refractivity (Wildman–Crippen MR) is 71.9 cm³/mol. The van der Waals surface area contributed by atoms with Crippen molar-refractivity contribution in [3.05, 3.63) is 12.2 Å². The molecule has 0 aliphatic carbocycles. The Morgan fingerprint density at radius 2 is 2.37 bits per heavy atom. The Bertz CT molecular complexity index is 493. The summed E-state index contributed by atoms with van der Waals surface area (Å²) in [5.41, 5.74) is 0. The first kappa shape index (κ1) is 14.4. The summed E-state index contributed by atoms with van der Waals surface area (Å²) in [6.45, 7) is 1.19. The lowest BCUT2D eigenvalue weighted by Gasteiger charge is -2.23. The van der Waals surface area contributed by atoms with Gasteiger partial charge in [-0.25, -0.2) is 13.1 Å². The van der Waals surface area contributed by atoms with Crippen LogP contribution in [0.3, 0.4) is 0 Å². The molecule has 0 amide bonds. The van der Waals surface area contributed by atoms with Gasteiger partial charge in [0.05, 0.1) is 12.3 Å². The number of nitrogens with zero attached hydrogens (tertiary/aromatic N) is 3. The topological polar surface area (TPSA) is 88.9 Å². The second-order valence-corrected chi connectivity index (χ2v) is 6.86. The summed E-state index contributed by atoms with van der Waals surface area (Å²) < 4.78 is 28.0. The summed E-state index contributed by atoms with van der Waals surface area (Å²) >= 11 is 0. The van der Waals surface area contributed by atoms with Gasteiger partial charge in [0.2, 0.25) is 10.0 Å². The van der Waals surface area contributed by atoms with Crippen LogP contribution in [0.2, 0.25) is 0 Å². The van der Waals surface area contributed by atoms with E-state index in [0.717, 1.165) is 13.0 Å². The first-order chi connectivity index (χ1) is 9.07. The molecule has 1 unspecified atom stereocenters. The zero-order valence-electron chi connectivity index (χ0n) is 11.2. The number of sulfonamides is 1. The van der Waals surface area contributed by atoms with Gasteiger partial charge in [0.1, 0.15) is 12.2 Å². The van der Waals surface area contributed by atoms with Gasteiger partial charge in [-0.1, -0.05) is 6.42 Å². The molecule has 1 saturated heterocycles. The molecular formula is C11H21N5O2S. The summed E-state index contributed by atoms with van der Waals surface area (Å²) in [6.07, 6.45) is 5.65. The number of aryl methyl sites for hydroxylation is 1. The average Bonchev–Trinajstić information content (AvgIpc) is 2.81. The molecule has 2 rings (SSSR count). The van der Waals surface area contributed by atoms with Gasteiger partial charge in [-0.15, -0.1) is 10.2 Å². The van der Waals surface area contributed by atoms with E-state index in [1.807, 2.05) is 0 Å². The average molecular weight is 287 g/mol. The second-order valence-electron chi connectivity index (χ2n) is 4.93. The zero-order chi connectivity index (χ0) is 13.7. The Morgan fingerprint density at radius 1 is 1.53 bits per heavy atom. The smallest absolute Gasteiger partial charge is 0.212 e. The maximum Gasteiger partial charge on any atom is 0.212 e. The van der Waals surface area contributed by atoms with Crippen molar-refractivity contribution in [3.63, 3.8) is 0 Å². The largest absolute Gasteiger partial charge is 0.320 e.